The SMILES string of the molecule is CCCOCOCC/C=C/C[CH2][Mg][Cl]. The van der Waals surface area contributed by atoms with Crippen LogP contribution in [-0.4, -0.2) is 39.3 Å². The van der Waals surface area contributed by atoms with Gasteiger partial charge in [-0.25, -0.2) is 0 Å². The Morgan fingerprint density at radius 2 is 1.86 bits per heavy atom. The molecular weight excluding hydrogens is 212 g/mol. The van der Waals surface area contributed by atoms with Crippen molar-refractivity contribution in [3.8, 4) is 0 Å². The van der Waals surface area contributed by atoms with Crippen LogP contribution in [0.4, 0.5) is 0 Å². The molecule has 0 aliphatic rings. The van der Waals surface area contributed by atoms with E-state index in [1.807, 2.05) is 0 Å². The molecule has 0 bridgehead atoms. The van der Waals surface area contributed by atoms with E-state index in [0.717, 1.165) is 32.5 Å². The molecule has 14 heavy (non-hydrogen) atoms. The predicted molar refractivity (Wildman–Crippen MR) is 61.9 cm³/mol. The lowest BCUT2D eigenvalue weighted by Crippen LogP contribution is -2.01. The Bertz CT molecular complexity index is 131. The van der Waals surface area contributed by atoms with E-state index < -0.39 is 0 Å². The van der Waals surface area contributed by atoms with Crippen LogP contribution < -0.4 is 0 Å². The zero-order valence-corrected chi connectivity index (χ0v) is 11.2. The second-order valence-corrected chi connectivity index (χ2v) is 5.24. The molecule has 0 amide bonds. The Kier molecular flexibility index (Phi) is 14.4. The summed E-state index contributed by atoms with van der Waals surface area (Å²) in [4.78, 5) is 0. The first-order valence-corrected chi connectivity index (χ1v) is 8.42. The summed E-state index contributed by atoms with van der Waals surface area (Å²) in [7, 11) is 5.68. The third-order valence-corrected chi connectivity index (χ3v) is 3.09. The van der Waals surface area contributed by atoms with E-state index in [-0.39, 0.29) is 19.3 Å². The van der Waals surface area contributed by atoms with Gasteiger partial charge in [0.2, 0.25) is 0 Å². The first kappa shape index (κ1) is 14.7. The van der Waals surface area contributed by atoms with Gasteiger partial charge in [0.1, 0.15) is 6.79 Å². The third kappa shape index (κ3) is 12.7. The Morgan fingerprint density at radius 3 is 2.57 bits per heavy atom. The summed E-state index contributed by atoms with van der Waals surface area (Å²) in [6.45, 7) is 4.05. The zero-order valence-electron chi connectivity index (χ0n) is 9.01. The summed E-state index contributed by atoms with van der Waals surface area (Å²) in [5, 5.41) is 0. The van der Waals surface area contributed by atoms with E-state index in [0.29, 0.717) is 6.79 Å². The first-order chi connectivity index (χ1) is 6.91. The average Bonchev–Trinajstić information content (AvgIpc) is 2.21. The van der Waals surface area contributed by atoms with Crippen molar-refractivity contribution in [2.45, 2.75) is 30.7 Å². The number of allylic oxidation sites excluding steroid dienone is 1. The summed E-state index contributed by atoms with van der Waals surface area (Å²) in [5.41, 5.74) is 0. The predicted octanol–water partition coefficient (Wildman–Crippen LogP) is 3.00. The maximum Gasteiger partial charge on any atom is 0.501 e. The number of hydrogen-bond donors (Lipinski definition) is 0. The minimum absolute atomic E-state index is 0.270. The van der Waals surface area contributed by atoms with Crippen LogP contribution in [0.1, 0.15) is 26.2 Å². The quantitative estimate of drug-likeness (QED) is 0.249. The molecule has 0 saturated carbocycles. The van der Waals surface area contributed by atoms with Gasteiger partial charge in [0.15, 0.2) is 0 Å². The van der Waals surface area contributed by atoms with Crippen molar-refractivity contribution in [1.82, 2.24) is 0 Å². The molecule has 0 rings (SSSR count). The van der Waals surface area contributed by atoms with Crippen LogP contribution >= 0.6 is 9.07 Å². The highest BCUT2D eigenvalue weighted by Gasteiger charge is 1.87. The number of rotatable bonds is 10. The highest BCUT2D eigenvalue weighted by Crippen LogP contribution is 1.94. The zero-order chi connectivity index (χ0) is 10.5. The summed E-state index contributed by atoms with van der Waals surface area (Å²) < 4.78 is 11.6. The smallest absolute Gasteiger partial charge is 0.355 e. The van der Waals surface area contributed by atoms with Gasteiger partial charge >= 0.3 is 19.3 Å². The molecule has 0 N–H and O–H groups in total. The summed E-state index contributed by atoms with van der Waals surface area (Å²) in [6, 6.07) is 0. The van der Waals surface area contributed by atoms with Crippen molar-refractivity contribution >= 4 is 28.3 Å². The lowest BCUT2D eigenvalue weighted by Gasteiger charge is -2.02. The van der Waals surface area contributed by atoms with Crippen molar-refractivity contribution in [3.05, 3.63) is 12.2 Å². The molecule has 0 atom stereocenters. The maximum absolute atomic E-state index is 5.68. The van der Waals surface area contributed by atoms with Crippen molar-refractivity contribution < 1.29 is 9.47 Å². The van der Waals surface area contributed by atoms with Crippen molar-refractivity contribution in [2.24, 2.45) is 0 Å². The van der Waals surface area contributed by atoms with Gasteiger partial charge in [0.25, 0.3) is 0 Å². The van der Waals surface area contributed by atoms with Gasteiger partial charge in [-0.1, -0.05) is 25.5 Å². The molecule has 0 aliphatic carbocycles. The number of ether oxygens (including phenoxy) is 2. The van der Waals surface area contributed by atoms with Crippen LogP contribution in [0.2, 0.25) is 4.55 Å². The third-order valence-electron chi connectivity index (χ3n) is 1.62. The van der Waals surface area contributed by atoms with Crippen LogP contribution in [0.3, 0.4) is 0 Å². The van der Waals surface area contributed by atoms with Gasteiger partial charge in [-0.05, 0) is 12.8 Å². The summed E-state index contributed by atoms with van der Waals surface area (Å²) in [5.74, 6) is 0. The van der Waals surface area contributed by atoms with E-state index in [1.165, 1.54) is 4.55 Å². The fourth-order valence-corrected chi connectivity index (χ4v) is 1.76. The van der Waals surface area contributed by atoms with E-state index in [4.69, 9.17) is 18.5 Å². The molecule has 0 saturated heterocycles. The molecule has 0 aliphatic heterocycles. The maximum atomic E-state index is 5.68. The van der Waals surface area contributed by atoms with Crippen molar-refractivity contribution in [3.63, 3.8) is 0 Å². The molecule has 0 fully saturated rings. The Labute approximate surface area is 100 Å². The van der Waals surface area contributed by atoms with Crippen molar-refractivity contribution in [1.29, 1.82) is 0 Å². The summed E-state index contributed by atoms with van der Waals surface area (Å²) >= 11 is -0.270. The fraction of sp³-hybridized carbons (Fsp3) is 0.800. The lowest BCUT2D eigenvalue weighted by molar-refractivity contribution is -0.0519. The standard InChI is InChI=1S/C10H19O2.ClH.Mg/c1-3-5-6-7-9-12-10-11-8-4-2;;/h5-6H,1,3-4,7-10H2,2H3;1H;/q;;+1/p-1/b6-5+;;. The minimum Gasteiger partial charge on any atom is -0.355 e. The van der Waals surface area contributed by atoms with E-state index >= 15 is 0 Å². The minimum atomic E-state index is -0.270. The monoisotopic (exact) mass is 230 g/mol. The molecule has 0 aromatic carbocycles. The fourth-order valence-electron chi connectivity index (χ4n) is 0.903. The van der Waals surface area contributed by atoms with E-state index in [2.05, 4.69) is 19.1 Å². The molecule has 0 unspecified atom stereocenters. The van der Waals surface area contributed by atoms with Gasteiger partial charge in [0, 0.05) is 6.61 Å². The summed E-state index contributed by atoms with van der Waals surface area (Å²) in [6.07, 6.45) is 7.49. The van der Waals surface area contributed by atoms with Gasteiger partial charge in [-0.2, -0.15) is 0 Å². The van der Waals surface area contributed by atoms with Gasteiger partial charge in [0.05, 0.1) is 6.61 Å². The normalized spacial score (nSPS) is 10.7. The van der Waals surface area contributed by atoms with Gasteiger partial charge in [-0.15, -0.1) is 4.55 Å². The van der Waals surface area contributed by atoms with E-state index in [1.54, 1.807) is 0 Å². The van der Waals surface area contributed by atoms with Crippen LogP contribution in [0, 0.1) is 0 Å². The van der Waals surface area contributed by atoms with Crippen LogP contribution in [0.5, 0.6) is 0 Å². The molecule has 0 heterocycles. The molecule has 0 spiro atoms. The van der Waals surface area contributed by atoms with Crippen LogP contribution in [0.25, 0.3) is 0 Å². The Balaban J connectivity index is 2.94. The van der Waals surface area contributed by atoms with Crippen molar-refractivity contribution in [2.75, 3.05) is 20.0 Å². The van der Waals surface area contributed by atoms with Crippen LogP contribution in [-0.2, 0) is 9.47 Å². The molecule has 0 radical (unpaired) electrons. The lowest BCUT2D eigenvalue weighted by atomic mass is 10.3. The van der Waals surface area contributed by atoms with Crippen LogP contribution in [0.15, 0.2) is 12.2 Å². The number of halogens is 1. The molecule has 0 aromatic rings. The second-order valence-electron chi connectivity index (χ2n) is 3.03. The van der Waals surface area contributed by atoms with Gasteiger partial charge < -0.3 is 18.5 Å². The number of hydrogen-bond acceptors (Lipinski definition) is 2. The molecule has 2 nitrogen and oxygen atoms in total. The second kappa shape index (κ2) is 13.7. The highest BCUT2D eigenvalue weighted by atomic mass is 35.5. The topological polar surface area (TPSA) is 18.5 Å². The first-order valence-electron chi connectivity index (χ1n) is 5.28. The highest BCUT2D eigenvalue weighted by molar-refractivity contribution is 6.93. The molecule has 0 aromatic heterocycles. The average molecular weight is 231 g/mol. The Hall–Kier alpha value is 0.716. The molecular formula is C10H19ClMgO2. The molecule has 80 valence electrons. The largest absolute Gasteiger partial charge is 0.501 e. The van der Waals surface area contributed by atoms with E-state index in [9.17, 15) is 0 Å². The van der Waals surface area contributed by atoms with Gasteiger partial charge in [-0.3, -0.25) is 0 Å². The molecule has 4 heteroatoms. The Morgan fingerprint density at radius 1 is 1.14 bits per heavy atom.